The molecule has 1 aromatic heterocycles. The summed E-state index contributed by atoms with van der Waals surface area (Å²) in [5.41, 5.74) is 0.909. The molecule has 2 aromatic rings. The Balaban J connectivity index is 1.34. The van der Waals surface area contributed by atoms with E-state index in [0.717, 1.165) is 24.2 Å². The second-order valence-electron chi connectivity index (χ2n) is 7.64. The Bertz CT molecular complexity index is 999. The lowest BCUT2D eigenvalue weighted by Crippen LogP contribution is -2.49. The third kappa shape index (κ3) is 4.61. The number of aromatic nitrogens is 1. The summed E-state index contributed by atoms with van der Waals surface area (Å²) in [5, 5.41) is 0.631. The van der Waals surface area contributed by atoms with Crippen LogP contribution < -0.4 is 4.90 Å². The van der Waals surface area contributed by atoms with Crippen LogP contribution in [0, 0.1) is 0 Å². The second-order valence-corrected chi connectivity index (χ2v) is 10.0. The molecule has 3 heterocycles. The molecule has 9 heteroatoms. The maximum Gasteiger partial charge on any atom is 0.244 e. The normalized spacial score (nSPS) is 18.0. The fourth-order valence-electron chi connectivity index (χ4n) is 3.91. The van der Waals surface area contributed by atoms with E-state index < -0.39 is 10.0 Å². The largest absolute Gasteiger partial charge is 0.353 e. The van der Waals surface area contributed by atoms with Gasteiger partial charge in [-0.3, -0.25) is 4.79 Å². The number of hydrogen-bond donors (Lipinski definition) is 0. The van der Waals surface area contributed by atoms with Crippen molar-refractivity contribution in [3.63, 3.8) is 0 Å². The number of pyridine rings is 1. The summed E-state index contributed by atoms with van der Waals surface area (Å²) in [7, 11) is -3.45. The van der Waals surface area contributed by atoms with Gasteiger partial charge in [0.05, 0.1) is 6.42 Å². The molecule has 7 nitrogen and oxygen atoms in total. The first-order valence-corrected chi connectivity index (χ1v) is 12.0. The Kier molecular flexibility index (Phi) is 6.26. The summed E-state index contributed by atoms with van der Waals surface area (Å²) in [6, 6.07) is 10.8. The van der Waals surface area contributed by atoms with Gasteiger partial charge in [0.1, 0.15) is 10.7 Å². The third-order valence-corrected chi connectivity index (χ3v) is 7.74. The first-order chi connectivity index (χ1) is 14.4. The number of nitrogens with zero attached hydrogens (tertiary/aromatic N) is 4. The third-order valence-electron chi connectivity index (χ3n) is 5.62. The Morgan fingerprint density at radius 1 is 1.00 bits per heavy atom. The average Bonchev–Trinajstić information content (AvgIpc) is 3.30. The molecule has 160 valence electrons. The molecule has 2 aliphatic rings. The van der Waals surface area contributed by atoms with Crippen molar-refractivity contribution in [2.75, 3.05) is 44.2 Å². The zero-order valence-electron chi connectivity index (χ0n) is 16.7. The van der Waals surface area contributed by atoms with Gasteiger partial charge in [0.15, 0.2) is 0 Å². The van der Waals surface area contributed by atoms with E-state index in [0.29, 0.717) is 50.7 Å². The summed E-state index contributed by atoms with van der Waals surface area (Å²) in [4.78, 5) is 21.1. The smallest absolute Gasteiger partial charge is 0.244 e. The molecule has 0 unspecified atom stereocenters. The molecule has 0 radical (unpaired) electrons. The molecule has 1 aromatic carbocycles. The topological polar surface area (TPSA) is 73.8 Å². The monoisotopic (exact) mass is 448 g/mol. The highest BCUT2D eigenvalue weighted by Crippen LogP contribution is 2.22. The number of amides is 1. The minimum Gasteiger partial charge on any atom is -0.353 e. The van der Waals surface area contributed by atoms with Crippen LogP contribution in [-0.2, 0) is 21.2 Å². The lowest BCUT2D eigenvalue weighted by Gasteiger charge is -2.35. The van der Waals surface area contributed by atoms with Crippen LogP contribution in [0.1, 0.15) is 18.4 Å². The number of piperazine rings is 1. The highest BCUT2D eigenvalue weighted by molar-refractivity contribution is 7.89. The fourth-order valence-corrected chi connectivity index (χ4v) is 5.58. The molecule has 0 bridgehead atoms. The minimum atomic E-state index is -3.45. The summed E-state index contributed by atoms with van der Waals surface area (Å²) >= 11 is 6.00. The van der Waals surface area contributed by atoms with Crippen LogP contribution in [0.25, 0.3) is 0 Å². The van der Waals surface area contributed by atoms with Crippen molar-refractivity contribution in [2.24, 2.45) is 0 Å². The fraction of sp³-hybridized carbons (Fsp3) is 0.429. The predicted molar refractivity (Wildman–Crippen MR) is 116 cm³/mol. The molecule has 1 amide bonds. The quantitative estimate of drug-likeness (QED) is 0.702. The number of halogens is 1. The zero-order chi connectivity index (χ0) is 21.1. The van der Waals surface area contributed by atoms with Crippen LogP contribution in [0.3, 0.4) is 0 Å². The van der Waals surface area contributed by atoms with Gasteiger partial charge >= 0.3 is 0 Å². The summed E-state index contributed by atoms with van der Waals surface area (Å²) < 4.78 is 26.8. The van der Waals surface area contributed by atoms with Crippen LogP contribution in [-0.4, -0.2) is 67.8 Å². The number of benzene rings is 1. The van der Waals surface area contributed by atoms with Gasteiger partial charge in [-0.05, 0) is 42.7 Å². The van der Waals surface area contributed by atoms with Gasteiger partial charge in [-0.1, -0.05) is 23.7 Å². The van der Waals surface area contributed by atoms with Gasteiger partial charge < -0.3 is 9.80 Å². The van der Waals surface area contributed by atoms with Crippen molar-refractivity contribution in [2.45, 2.75) is 24.2 Å². The Morgan fingerprint density at radius 2 is 1.73 bits per heavy atom. The SMILES string of the molecule is O=C(Cc1cccc(Cl)c1)N1CCN(c2ccc(S(=O)(=O)N3CCCC3)cn2)CC1. The van der Waals surface area contributed by atoms with Gasteiger partial charge in [-0.25, -0.2) is 13.4 Å². The van der Waals surface area contributed by atoms with Crippen molar-refractivity contribution in [1.82, 2.24) is 14.2 Å². The van der Waals surface area contributed by atoms with Crippen molar-refractivity contribution >= 4 is 33.3 Å². The Morgan fingerprint density at radius 3 is 2.37 bits per heavy atom. The Labute approximate surface area is 182 Å². The van der Waals surface area contributed by atoms with Gasteiger partial charge in [-0.15, -0.1) is 0 Å². The van der Waals surface area contributed by atoms with E-state index in [-0.39, 0.29) is 10.8 Å². The molecule has 0 aliphatic carbocycles. The van der Waals surface area contributed by atoms with E-state index >= 15 is 0 Å². The number of anilines is 1. The molecule has 0 atom stereocenters. The van der Waals surface area contributed by atoms with Crippen LogP contribution >= 0.6 is 11.6 Å². The highest BCUT2D eigenvalue weighted by Gasteiger charge is 2.28. The Hall–Kier alpha value is -2.16. The summed E-state index contributed by atoms with van der Waals surface area (Å²) in [6.07, 6.45) is 3.59. The lowest BCUT2D eigenvalue weighted by atomic mass is 10.1. The van der Waals surface area contributed by atoms with Crippen LogP contribution in [0.15, 0.2) is 47.5 Å². The maximum absolute atomic E-state index is 12.6. The summed E-state index contributed by atoms with van der Waals surface area (Å²) in [6.45, 7) is 3.69. The summed E-state index contributed by atoms with van der Waals surface area (Å²) in [5.74, 6) is 0.814. The molecular formula is C21H25ClN4O3S. The number of rotatable bonds is 5. The van der Waals surface area contributed by atoms with Crippen LogP contribution in [0.5, 0.6) is 0 Å². The standard InChI is InChI=1S/C21H25ClN4O3S/c22-18-5-3-4-17(14-18)15-21(27)25-12-10-24(11-13-25)20-7-6-19(16-23-20)30(28,29)26-8-1-2-9-26/h3-7,14,16H,1-2,8-13,15H2. The van der Waals surface area contributed by atoms with Crippen molar-refractivity contribution < 1.29 is 13.2 Å². The zero-order valence-corrected chi connectivity index (χ0v) is 18.3. The molecule has 2 fully saturated rings. The van der Waals surface area contributed by atoms with E-state index in [1.807, 2.05) is 23.1 Å². The molecule has 30 heavy (non-hydrogen) atoms. The maximum atomic E-state index is 12.6. The van der Waals surface area contributed by atoms with Crippen molar-refractivity contribution in [1.29, 1.82) is 0 Å². The predicted octanol–water partition coefficient (Wildman–Crippen LogP) is 2.41. The van der Waals surface area contributed by atoms with Gasteiger partial charge in [0.25, 0.3) is 0 Å². The number of hydrogen-bond acceptors (Lipinski definition) is 5. The lowest BCUT2D eigenvalue weighted by molar-refractivity contribution is -0.130. The average molecular weight is 449 g/mol. The second kappa shape index (κ2) is 8.91. The molecule has 4 rings (SSSR count). The van der Waals surface area contributed by atoms with Gasteiger partial charge in [0, 0.05) is 50.5 Å². The highest BCUT2D eigenvalue weighted by atomic mass is 35.5. The van der Waals surface area contributed by atoms with E-state index in [2.05, 4.69) is 9.88 Å². The molecule has 2 aliphatic heterocycles. The van der Waals surface area contributed by atoms with E-state index in [1.54, 1.807) is 18.2 Å². The molecule has 0 spiro atoms. The number of carbonyl (C=O) groups excluding carboxylic acids is 1. The minimum absolute atomic E-state index is 0.0805. The van der Waals surface area contributed by atoms with Gasteiger partial charge in [-0.2, -0.15) is 4.31 Å². The molecule has 2 saturated heterocycles. The molecular weight excluding hydrogens is 424 g/mol. The van der Waals surface area contributed by atoms with Gasteiger partial charge in [0.2, 0.25) is 15.9 Å². The first-order valence-electron chi connectivity index (χ1n) is 10.2. The van der Waals surface area contributed by atoms with Crippen molar-refractivity contribution in [3.05, 3.63) is 53.2 Å². The molecule has 0 saturated carbocycles. The van der Waals surface area contributed by atoms with E-state index in [4.69, 9.17) is 11.6 Å². The molecule has 0 N–H and O–H groups in total. The van der Waals surface area contributed by atoms with Crippen molar-refractivity contribution in [3.8, 4) is 0 Å². The number of sulfonamides is 1. The van der Waals surface area contributed by atoms with Crippen LogP contribution in [0.4, 0.5) is 5.82 Å². The first kappa shape index (κ1) is 21.1. The van der Waals surface area contributed by atoms with E-state index in [9.17, 15) is 13.2 Å². The van der Waals surface area contributed by atoms with Crippen LogP contribution in [0.2, 0.25) is 5.02 Å². The number of carbonyl (C=O) groups is 1. The van der Waals surface area contributed by atoms with E-state index in [1.165, 1.54) is 10.5 Å².